The second kappa shape index (κ2) is 5.53. The SMILES string of the molecule is CC(C)(NC(=O)c1cccc(Br)c1)c1ccncc1. The zero-order chi connectivity index (χ0) is 13.9. The predicted molar refractivity (Wildman–Crippen MR) is 78.9 cm³/mol. The lowest BCUT2D eigenvalue weighted by molar-refractivity contribution is 0.0912. The van der Waals surface area contributed by atoms with E-state index < -0.39 is 5.54 Å². The number of rotatable bonds is 3. The van der Waals surface area contributed by atoms with E-state index >= 15 is 0 Å². The molecule has 0 bridgehead atoms. The summed E-state index contributed by atoms with van der Waals surface area (Å²) < 4.78 is 0.891. The lowest BCUT2D eigenvalue weighted by atomic mass is 9.95. The Morgan fingerprint density at radius 1 is 1.21 bits per heavy atom. The number of nitrogens with one attached hydrogen (secondary N) is 1. The average Bonchev–Trinajstić information content (AvgIpc) is 2.39. The fourth-order valence-corrected chi connectivity index (χ4v) is 2.23. The number of pyridine rings is 1. The molecule has 98 valence electrons. The van der Waals surface area contributed by atoms with E-state index in [1.54, 1.807) is 24.5 Å². The van der Waals surface area contributed by atoms with E-state index in [9.17, 15) is 4.79 Å². The molecule has 1 heterocycles. The van der Waals surface area contributed by atoms with Crippen LogP contribution < -0.4 is 5.32 Å². The molecule has 0 atom stereocenters. The van der Waals surface area contributed by atoms with Crippen LogP contribution in [0.3, 0.4) is 0 Å². The molecule has 1 N–H and O–H groups in total. The van der Waals surface area contributed by atoms with Crippen LogP contribution in [0.15, 0.2) is 53.3 Å². The first-order chi connectivity index (χ1) is 8.99. The van der Waals surface area contributed by atoms with Gasteiger partial charge in [0.05, 0.1) is 5.54 Å². The van der Waals surface area contributed by atoms with Crippen molar-refractivity contribution in [2.24, 2.45) is 0 Å². The predicted octanol–water partition coefficient (Wildman–Crippen LogP) is 3.51. The van der Waals surface area contributed by atoms with E-state index in [1.807, 2.05) is 38.1 Å². The Balaban J connectivity index is 2.19. The van der Waals surface area contributed by atoms with Gasteiger partial charge in [0.2, 0.25) is 0 Å². The van der Waals surface area contributed by atoms with Gasteiger partial charge in [-0.05, 0) is 49.7 Å². The van der Waals surface area contributed by atoms with Crippen LogP contribution in [-0.2, 0) is 5.54 Å². The summed E-state index contributed by atoms with van der Waals surface area (Å²) in [6.45, 7) is 3.94. The zero-order valence-corrected chi connectivity index (χ0v) is 12.4. The number of nitrogens with zero attached hydrogens (tertiary/aromatic N) is 1. The topological polar surface area (TPSA) is 42.0 Å². The molecule has 1 amide bonds. The first kappa shape index (κ1) is 13.7. The summed E-state index contributed by atoms with van der Waals surface area (Å²) in [5, 5.41) is 3.03. The molecule has 4 heteroatoms. The van der Waals surface area contributed by atoms with Crippen molar-refractivity contribution < 1.29 is 4.79 Å². The minimum absolute atomic E-state index is 0.0943. The standard InChI is InChI=1S/C15H15BrN2O/c1-15(2,12-6-8-17-9-7-12)18-14(19)11-4-3-5-13(16)10-11/h3-10H,1-2H3,(H,18,19). The number of amides is 1. The highest BCUT2D eigenvalue weighted by Gasteiger charge is 2.23. The monoisotopic (exact) mass is 318 g/mol. The largest absolute Gasteiger partial charge is 0.343 e. The Hall–Kier alpha value is -1.68. The van der Waals surface area contributed by atoms with Gasteiger partial charge in [0.1, 0.15) is 0 Å². The first-order valence-electron chi connectivity index (χ1n) is 5.97. The maximum Gasteiger partial charge on any atom is 0.251 e. The lowest BCUT2D eigenvalue weighted by Crippen LogP contribution is -2.41. The van der Waals surface area contributed by atoms with Crippen LogP contribution in [0.5, 0.6) is 0 Å². The Bertz CT molecular complexity index is 582. The minimum Gasteiger partial charge on any atom is -0.343 e. The molecule has 0 unspecified atom stereocenters. The number of hydrogen-bond donors (Lipinski definition) is 1. The summed E-state index contributed by atoms with van der Waals surface area (Å²) in [6.07, 6.45) is 3.45. The van der Waals surface area contributed by atoms with Gasteiger partial charge in [-0.25, -0.2) is 0 Å². The number of carbonyl (C=O) groups excluding carboxylic acids is 1. The molecule has 0 radical (unpaired) electrons. The molecule has 1 aromatic heterocycles. The van der Waals surface area contributed by atoms with Gasteiger partial charge in [0.15, 0.2) is 0 Å². The Kier molecular flexibility index (Phi) is 4.00. The summed E-state index contributed by atoms with van der Waals surface area (Å²) in [7, 11) is 0. The Labute approximate surface area is 121 Å². The molecule has 2 rings (SSSR count). The van der Waals surface area contributed by atoms with Gasteiger partial charge in [-0.1, -0.05) is 22.0 Å². The first-order valence-corrected chi connectivity index (χ1v) is 6.77. The molecule has 0 aliphatic carbocycles. The van der Waals surface area contributed by atoms with E-state index in [1.165, 1.54) is 0 Å². The average molecular weight is 319 g/mol. The Morgan fingerprint density at radius 3 is 2.53 bits per heavy atom. The van der Waals surface area contributed by atoms with Gasteiger partial charge in [-0.3, -0.25) is 9.78 Å². The molecule has 0 saturated heterocycles. The van der Waals surface area contributed by atoms with Crippen LogP contribution in [0.25, 0.3) is 0 Å². The molecule has 0 fully saturated rings. The van der Waals surface area contributed by atoms with Gasteiger partial charge in [-0.15, -0.1) is 0 Å². The molecular formula is C15H15BrN2O. The fourth-order valence-electron chi connectivity index (χ4n) is 1.83. The molecule has 0 saturated carbocycles. The van der Waals surface area contributed by atoms with Gasteiger partial charge in [0, 0.05) is 22.4 Å². The maximum absolute atomic E-state index is 12.2. The van der Waals surface area contributed by atoms with Crippen molar-refractivity contribution in [1.82, 2.24) is 10.3 Å². The number of carbonyl (C=O) groups is 1. The van der Waals surface area contributed by atoms with Crippen molar-refractivity contribution in [3.8, 4) is 0 Å². The number of benzene rings is 1. The summed E-state index contributed by atoms with van der Waals surface area (Å²) in [6, 6.07) is 11.1. The smallest absolute Gasteiger partial charge is 0.251 e. The van der Waals surface area contributed by atoms with Crippen LogP contribution in [0.2, 0.25) is 0 Å². The van der Waals surface area contributed by atoms with Crippen molar-refractivity contribution in [1.29, 1.82) is 0 Å². The Morgan fingerprint density at radius 2 is 1.89 bits per heavy atom. The lowest BCUT2D eigenvalue weighted by Gasteiger charge is -2.26. The fraction of sp³-hybridized carbons (Fsp3) is 0.200. The maximum atomic E-state index is 12.2. The van der Waals surface area contributed by atoms with E-state index in [-0.39, 0.29) is 5.91 Å². The van der Waals surface area contributed by atoms with Crippen molar-refractivity contribution >= 4 is 21.8 Å². The quantitative estimate of drug-likeness (QED) is 0.941. The van der Waals surface area contributed by atoms with Crippen LogP contribution in [0, 0.1) is 0 Å². The number of halogens is 1. The highest BCUT2D eigenvalue weighted by molar-refractivity contribution is 9.10. The number of aromatic nitrogens is 1. The van der Waals surface area contributed by atoms with Crippen molar-refractivity contribution in [2.75, 3.05) is 0 Å². The van der Waals surface area contributed by atoms with Gasteiger partial charge < -0.3 is 5.32 Å². The van der Waals surface area contributed by atoms with Crippen LogP contribution in [0.1, 0.15) is 29.8 Å². The van der Waals surface area contributed by atoms with Gasteiger partial charge in [0.25, 0.3) is 5.91 Å². The second-order valence-corrected chi connectivity index (χ2v) is 5.74. The van der Waals surface area contributed by atoms with E-state index in [4.69, 9.17) is 0 Å². The normalized spacial score (nSPS) is 11.1. The van der Waals surface area contributed by atoms with Gasteiger partial charge >= 0.3 is 0 Å². The van der Waals surface area contributed by atoms with Crippen molar-refractivity contribution in [3.05, 3.63) is 64.4 Å². The molecule has 3 nitrogen and oxygen atoms in total. The third kappa shape index (κ3) is 3.41. The van der Waals surface area contributed by atoms with Crippen molar-refractivity contribution in [2.45, 2.75) is 19.4 Å². The third-order valence-corrected chi connectivity index (χ3v) is 3.41. The molecular weight excluding hydrogens is 304 g/mol. The molecule has 0 spiro atoms. The summed E-state index contributed by atoms with van der Waals surface area (Å²) in [4.78, 5) is 16.2. The molecule has 19 heavy (non-hydrogen) atoms. The van der Waals surface area contributed by atoms with E-state index in [0.717, 1.165) is 10.0 Å². The van der Waals surface area contributed by atoms with Crippen LogP contribution >= 0.6 is 15.9 Å². The summed E-state index contributed by atoms with van der Waals surface area (Å²) in [5.74, 6) is -0.0943. The molecule has 0 aliphatic heterocycles. The number of hydrogen-bond acceptors (Lipinski definition) is 2. The highest BCUT2D eigenvalue weighted by Crippen LogP contribution is 2.20. The van der Waals surface area contributed by atoms with Crippen LogP contribution in [0.4, 0.5) is 0 Å². The molecule has 1 aromatic carbocycles. The highest BCUT2D eigenvalue weighted by atomic mass is 79.9. The molecule has 2 aromatic rings. The summed E-state index contributed by atoms with van der Waals surface area (Å²) >= 11 is 3.37. The minimum atomic E-state index is -0.442. The summed E-state index contributed by atoms with van der Waals surface area (Å²) in [5.41, 5.74) is 1.21. The van der Waals surface area contributed by atoms with Gasteiger partial charge in [-0.2, -0.15) is 0 Å². The van der Waals surface area contributed by atoms with Crippen molar-refractivity contribution in [3.63, 3.8) is 0 Å². The van der Waals surface area contributed by atoms with E-state index in [0.29, 0.717) is 5.56 Å². The third-order valence-electron chi connectivity index (χ3n) is 2.91. The molecule has 0 aliphatic rings. The van der Waals surface area contributed by atoms with E-state index in [2.05, 4.69) is 26.2 Å². The zero-order valence-electron chi connectivity index (χ0n) is 10.9. The second-order valence-electron chi connectivity index (χ2n) is 4.83. The van der Waals surface area contributed by atoms with Crippen LogP contribution in [-0.4, -0.2) is 10.9 Å².